The fraction of sp³-hybridized carbons (Fsp3) is 0.700. The van der Waals surface area contributed by atoms with Crippen LogP contribution < -0.4 is 0 Å². The molecule has 22 heavy (non-hydrogen) atoms. The van der Waals surface area contributed by atoms with Crippen molar-refractivity contribution in [2.24, 2.45) is 28.6 Å². The highest BCUT2D eigenvalue weighted by Gasteiger charge is 2.56. The van der Waals surface area contributed by atoms with Gasteiger partial charge in [-0.1, -0.05) is 38.0 Å². The van der Waals surface area contributed by atoms with Crippen LogP contribution in [0.3, 0.4) is 0 Å². The lowest BCUT2D eigenvalue weighted by molar-refractivity contribution is -0.127. The summed E-state index contributed by atoms with van der Waals surface area (Å²) in [5, 5.41) is 0. The molecule has 0 amide bonds. The molecule has 4 rings (SSSR count). The van der Waals surface area contributed by atoms with Gasteiger partial charge in [0, 0.05) is 23.7 Å². The monoisotopic (exact) mass is 298 g/mol. The van der Waals surface area contributed by atoms with Crippen molar-refractivity contribution in [2.75, 3.05) is 0 Å². The highest BCUT2D eigenvalue weighted by Crippen LogP contribution is 2.63. The van der Waals surface area contributed by atoms with Gasteiger partial charge in [0.25, 0.3) is 0 Å². The first-order chi connectivity index (χ1) is 10.4. The van der Waals surface area contributed by atoms with Crippen LogP contribution in [0, 0.1) is 28.6 Å². The second-order valence-corrected chi connectivity index (χ2v) is 8.49. The van der Waals surface area contributed by atoms with Crippen molar-refractivity contribution in [3.8, 4) is 0 Å². The molecule has 0 aromatic heterocycles. The Morgan fingerprint density at radius 3 is 2.68 bits per heavy atom. The van der Waals surface area contributed by atoms with E-state index in [0.29, 0.717) is 35.7 Å². The van der Waals surface area contributed by atoms with Gasteiger partial charge in [0.15, 0.2) is 5.78 Å². The van der Waals surface area contributed by atoms with Gasteiger partial charge in [-0.3, -0.25) is 9.59 Å². The summed E-state index contributed by atoms with van der Waals surface area (Å²) in [5.74, 6) is 2.32. The van der Waals surface area contributed by atoms with Crippen molar-refractivity contribution >= 4 is 11.6 Å². The third-order valence-corrected chi connectivity index (χ3v) is 7.37. The summed E-state index contributed by atoms with van der Waals surface area (Å²) in [7, 11) is 0. The molecular formula is C20H26O2. The van der Waals surface area contributed by atoms with Gasteiger partial charge in [-0.05, 0) is 49.5 Å². The van der Waals surface area contributed by atoms with Crippen LogP contribution in [0.5, 0.6) is 0 Å². The molecular weight excluding hydrogens is 272 g/mol. The standard InChI is InChI=1S/C20H26O2/c1-12-10-14-15-4-5-18(22)20(15,3)9-7-16(14)19(2)8-6-13(21)11-17(12)19/h7,11-12,14-15H,4-6,8-10H2,1-3H3/t12-,14-,15-,19+,20-/m0/s1. The number of hydrogen-bond donors (Lipinski definition) is 0. The molecule has 4 aliphatic rings. The first-order valence-corrected chi connectivity index (χ1v) is 8.85. The van der Waals surface area contributed by atoms with Gasteiger partial charge in [0.1, 0.15) is 5.78 Å². The summed E-state index contributed by atoms with van der Waals surface area (Å²) in [6.45, 7) is 6.82. The van der Waals surface area contributed by atoms with Crippen LogP contribution in [0.25, 0.3) is 0 Å². The molecule has 118 valence electrons. The van der Waals surface area contributed by atoms with Crippen molar-refractivity contribution in [3.63, 3.8) is 0 Å². The van der Waals surface area contributed by atoms with E-state index in [4.69, 9.17) is 0 Å². The van der Waals surface area contributed by atoms with Gasteiger partial charge in [-0.25, -0.2) is 0 Å². The minimum atomic E-state index is -0.115. The minimum absolute atomic E-state index is 0.0726. The first-order valence-electron chi connectivity index (χ1n) is 8.85. The van der Waals surface area contributed by atoms with E-state index in [2.05, 4.69) is 26.8 Å². The highest BCUT2D eigenvalue weighted by atomic mass is 16.1. The fourth-order valence-electron chi connectivity index (χ4n) is 6.05. The fourth-order valence-corrected chi connectivity index (χ4v) is 6.05. The van der Waals surface area contributed by atoms with E-state index in [9.17, 15) is 9.59 Å². The van der Waals surface area contributed by atoms with Crippen LogP contribution in [0.15, 0.2) is 23.3 Å². The smallest absolute Gasteiger partial charge is 0.155 e. The molecule has 2 nitrogen and oxygen atoms in total. The maximum absolute atomic E-state index is 12.4. The van der Waals surface area contributed by atoms with Crippen molar-refractivity contribution in [1.29, 1.82) is 0 Å². The number of rotatable bonds is 0. The number of allylic oxidation sites excluding steroid dienone is 4. The van der Waals surface area contributed by atoms with Crippen LogP contribution >= 0.6 is 0 Å². The quantitative estimate of drug-likeness (QED) is 0.626. The van der Waals surface area contributed by atoms with Gasteiger partial charge in [0.05, 0.1) is 0 Å². The minimum Gasteiger partial charge on any atom is -0.299 e. The van der Waals surface area contributed by atoms with E-state index in [0.717, 1.165) is 32.1 Å². The Morgan fingerprint density at radius 1 is 1.14 bits per heavy atom. The Labute approximate surface area is 133 Å². The number of carbonyl (C=O) groups excluding carboxylic acids is 2. The zero-order chi connectivity index (χ0) is 15.7. The molecule has 2 saturated carbocycles. The van der Waals surface area contributed by atoms with E-state index in [1.54, 1.807) is 5.57 Å². The molecule has 0 bridgehead atoms. The summed E-state index contributed by atoms with van der Waals surface area (Å²) >= 11 is 0. The Bertz CT molecular complexity index is 626. The Kier molecular flexibility index (Phi) is 2.90. The normalized spacial score (nSPS) is 47.3. The second-order valence-electron chi connectivity index (χ2n) is 8.49. The van der Waals surface area contributed by atoms with Crippen molar-refractivity contribution in [2.45, 2.75) is 59.3 Å². The second kappa shape index (κ2) is 4.43. The van der Waals surface area contributed by atoms with Gasteiger partial charge >= 0.3 is 0 Å². The molecule has 0 saturated heterocycles. The third-order valence-electron chi connectivity index (χ3n) is 7.37. The molecule has 0 aliphatic heterocycles. The van der Waals surface area contributed by atoms with Crippen LogP contribution in [0.2, 0.25) is 0 Å². The lowest BCUT2D eigenvalue weighted by atomic mass is 9.50. The Hall–Kier alpha value is -1.18. The predicted octanol–water partition coefficient (Wildman–Crippen LogP) is 4.25. The Morgan fingerprint density at radius 2 is 1.91 bits per heavy atom. The topological polar surface area (TPSA) is 34.1 Å². The van der Waals surface area contributed by atoms with Gasteiger partial charge in [0.2, 0.25) is 0 Å². The summed E-state index contributed by atoms with van der Waals surface area (Å²) in [6.07, 6.45) is 9.84. The average molecular weight is 298 g/mol. The average Bonchev–Trinajstić information content (AvgIpc) is 2.77. The molecule has 0 aromatic carbocycles. The molecule has 5 atom stereocenters. The van der Waals surface area contributed by atoms with Crippen molar-refractivity contribution in [3.05, 3.63) is 23.3 Å². The maximum Gasteiger partial charge on any atom is 0.155 e. The number of fused-ring (bicyclic) bond motifs is 5. The lowest BCUT2D eigenvalue weighted by Crippen LogP contribution is -2.46. The van der Waals surface area contributed by atoms with E-state index < -0.39 is 0 Å². The van der Waals surface area contributed by atoms with Crippen LogP contribution in [-0.4, -0.2) is 11.6 Å². The van der Waals surface area contributed by atoms with E-state index in [-0.39, 0.29) is 10.8 Å². The van der Waals surface area contributed by atoms with Gasteiger partial charge < -0.3 is 0 Å². The number of ketones is 2. The molecule has 4 aliphatic carbocycles. The predicted molar refractivity (Wildman–Crippen MR) is 86.2 cm³/mol. The lowest BCUT2D eigenvalue weighted by Gasteiger charge is -2.54. The first kappa shape index (κ1) is 14.4. The van der Waals surface area contributed by atoms with Crippen LogP contribution in [-0.2, 0) is 9.59 Å². The largest absolute Gasteiger partial charge is 0.299 e. The van der Waals surface area contributed by atoms with Gasteiger partial charge in [-0.2, -0.15) is 0 Å². The molecule has 0 unspecified atom stereocenters. The highest BCUT2D eigenvalue weighted by molar-refractivity contribution is 5.92. The molecule has 0 aromatic rings. The maximum atomic E-state index is 12.4. The number of hydrogen-bond acceptors (Lipinski definition) is 2. The van der Waals surface area contributed by atoms with Crippen LogP contribution in [0.4, 0.5) is 0 Å². The zero-order valence-electron chi connectivity index (χ0n) is 13.9. The van der Waals surface area contributed by atoms with Crippen molar-refractivity contribution in [1.82, 2.24) is 0 Å². The molecule has 2 fully saturated rings. The van der Waals surface area contributed by atoms with Gasteiger partial charge in [-0.15, -0.1) is 0 Å². The molecule has 0 N–H and O–H groups in total. The summed E-state index contributed by atoms with van der Waals surface area (Å²) < 4.78 is 0. The Balaban J connectivity index is 1.82. The summed E-state index contributed by atoms with van der Waals surface area (Å²) in [6, 6.07) is 0. The number of Topliss-reactive ketones (excluding diaryl/α,β-unsaturated/α-hetero) is 1. The molecule has 0 radical (unpaired) electrons. The van der Waals surface area contributed by atoms with E-state index >= 15 is 0 Å². The summed E-state index contributed by atoms with van der Waals surface area (Å²) in [5.41, 5.74) is 2.87. The zero-order valence-corrected chi connectivity index (χ0v) is 13.9. The van der Waals surface area contributed by atoms with Crippen molar-refractivity contribution < 1.29 is 9.59 Å². The molecule has 0 spiro atoms. The summed E-state index contributed by atoms with van der Waals surface area (Å²) in [4.78, 5) is 24.3. The molecule has 2 heteroatoms. The number of carbonyl (C=O) groups is 2. The SMILES string of the molecule is C[C@H]1C[C@@H]2C(=CC[C@]3(C)C(=O)CC[C@@H]23)[C@@]2(C)CCC(=O)C=C12. The van der Waals surface area contributed by atoms with E-state index in [1.165, 1.54) is 5.57 Å². The molecule has 0 heterocycles. The van der Waals surface area contributed by atoms with Crippen LogP contribution in [0.1, 0.15) is 59.3 Å². The van der Waals surface area contributed by atoms with E-state index in [1.807, 2.05) is 6.08 Å². The third kappa shape index (κ3) is 1.67.